The molecule has 1 saturated carbocycles. The predicted molar refractivity (Wildman–Crippen MR) is 141 cm³/mol. The van der Waals surface area contributed by atoms with Crippen LogP contribution in [0.1, 0.15) is 55.9 Å². The Bertz CT molecular complexity index is 1460. The van der Waals surface area contributed by atoms with Gasteiger partial charge in [0.25, 0.3) is 5.91 Å². The number of aromatic nitrogens is 4. The number of fused-ring (bicyclic) bond motifs is 1. The van der Waals surface area contributed by atoms with Gasteiger partial charge in [0.2, 0.25) is 5.95 Å². The third-order valence-corrected chi connectivity index (χ3v) is 6.88. The summed E-state index contributed by atoms with van der Waals surface area (Å²) in [5.41, 5.74) is 8.67. The van der Waals surface area contributed by atoms with Crippen LogP contribution in [0.2, 0.25) is 0 Å². The Hall–Kier alpha value is -4.21. The van der Waals surface area contributed by atoms with Crippen molar-refractivity contribution in [3.05, 3.63) is 53.8 Å². The van der Waals surface area contributed by atoms with Crippen molar-refractivity contribution in [1.29, 1.82) is 0 Å². The number of phenols is 1. The zero-order valence-electron chi connectivity index (χ0n) is 20.9. The van der Waals surface area contributed by atoms with Crippen LogP contribution in [0.15, 0.2) is 42.5 Å². The van der Waals surface area contributed by atoms with Gasteiger partial charge in [-0.2, -0.15) is 15.1 Å². The molecule has 2 aromatic carbocycles. The van der Waals surface area contributed by atoms with Gasteiger partial charge < -0.3 is 21.1 Å². The van der Waals surface area contributed by atoms with Gasteiger partial charge in [0, 0.05) is 24.2 Å². The summed E-state index contributed by atoms with van der Waals surface area (Å²) in [6.07, 6.45) is 4.14. The molecule has 0 saturated heterocycles. The number of nitrogens with zero attached hydrogens (tertiary/aromatic N) is 5. The summed E-state index contributed by atoms with van der Waals surface area (Å²) in [5.74, 6) is -0.364. The highest BCUT2D eigenvalue weighted by atomic mass is 19.1. The number of rotatable bonds is 7. The number of halogens is 1. The molecule has 0 bridgehead atoms. The Morgan fingerprint density at radius 1 is 1.16 bits per heavy atom. The molecule has 0 atom stereocenters. The maximum atomic E-state index is 15.0. The average molecular weight is 504 g/mol. The fourth-order valence-electron chi connectivity index (χ4n) is 4.94. The second-order valence-electron chi connectivity index (χ2n) is 9.21. The van der Waals surface area contributed by atoms with Gasteiger partial charge in [-0.05, 0) is 57.0 Å². The summed E-state index contributed by atoms with van der Waals surface area (Å²) < 4.78 is 16.9. The first-order valence-electron chi connectivity index (χ1n) is 12.6. The van der Waals surface area contributed by atoms with Gasteiger partial charge in [-0.1, -0.05) is 25.0 Å². The number of hydrogen-bond donors (Lipinski definition) is 3. The lowest BCUT2D eigenvalue weighted by molar-refractivity contribution is 0.0772. The Balaban J connectivity index is 1.54. The number of carbonyl (C=O) groups is 1. The van der Waals surface area contributed by atoms with Gasteiger partial charge in [-0.25, -0.2) is 9.07 Å². The molecule has 1 fully saturated rings. The van der Waals surface area contributed by atoms with Crippen LogP contribution in [0.3, 0.4) is 0 Å². The molecule has 192 valence electrons. The van der Waals surface area contributed by atoms with E-state index in [4.69, 9.17) is 15.8 Å². The van der Waals surface area contributed by atoms with Crippen molar-refractivity contribution < 1.29 is 14.3 Å². The predicted octanol–water partition coefficient (Wildman–Crippen LogP) is 5.26. The smallest absolute Gasteiger partial charge is 0.253 e. The number of aromatic hydroxyl groups is 1. The SMILES string of the molecule is CCN(CC)C(=O)c1ccc(Nc2nc(N)c3c(-c4cccc(O)c4)nn(C4CCCC4)c3n2)c(F)c1. The quantitative estimate of drug-likeness (QED) is 0.314. The minimum Gasteiger partial charge on any atom is -0.508 e. The second kappa shape index (κ2) is 10.0. The van der Waals surface area contributed by atoms with Gasteiger partial charge in [-0.15, -0.1) is 0 Å². The molecule has 9 nitrogen and oxygen atoms in total. The summed E-state index contributed by atoms with van der Waals surface area (Å²) in [6, 6.07) is 11.3. The second-order valence-corrected chi connectivity index (χ2v) is 9.21. The number of nitrogen functional groups attached to an aromatic ring is 1. The zero-order chi connectivity index (χ0) is 26.1. The third kappa shape index (κ3) is 4.66. The molecule has 0 radical (unpaired) electrons. The number of benzene rings is 2. The molecule has 1 amide bonds. The van der Waals surface area contributed by atoms with Crippen LogP contribution in [0, 0.1) is 5.82 Å². The van der Waals surface area contributed by atoms with Gasteiger partial charge in [-0.3, -0.25) is 4.79 Å². The van der Waals surface area contributed by atoms with E-state index in [9.17, 15) is 9.90 Å². The average Bonchev–Trinajstić information content (AvgIpc) is 3.54. The summed E-state index contributed by atoms with van der Waals surface area (Å²) in [5, 5.41) is 18.4. The Morgan fingerprint density at radius 3 is 2.59 bits per heavy atom. The number of hydrogen-bond acceptors (Lipinski definition) is 7. The molecule has 10 heteroatoms. The van der Waals surface area contributed by atoms with E-state index in [2.05, 4.69) is 10.3 Å². The molecule has 1 aliphatic rings. The van der Waals surface area contributed by atoms with Crippen molar-refractivity contribution in [2.24, 2.45) is 0 Å². The Morgan fingerprint density at radius 2 is 1.92 bits per heavy atom. The lowest BCUT2D eigenvalue weighted by Crippen LogP contribution is -2.30. The molecule has 2 aromatic heterocycles. The van der Waals surface area contributed by atoms with Gasteiger partial charge in [0.15, 0.2) is 5.65 Å². The number of amides is 1. The van der Waals surface area contributed by atoms with E-state index in [0.29, 0.717) is 35.4 Å². The van der Waals surface area contributed by atoms with E-state index < -0.39 is 5.82 Å². The van der Waals surface area contributed by atoms with E-state index in [1.165, 1.54) is 12.1 Å². The monoisotopic (exact) mass is 503 g/mol. The van der Waals surface area contributed by atoms with Crippen LogP contribution in [-0.2, 0) is 0 Å². The topological polar surface area (TPSA) is 122 Å². The minimum atomic E-state index is -0.593. The number of anilines is 3. The van der Waals surface area contributed by atoms with Gasteiger partial charge >= 0.3 is 0 Å². The van der Waals surface area contributed by atoms with Crippen molar-refractivity contribution in [3.8, 4) is 17.0 Å². The molecule has 4 aromatic rings. The van der Waals surface area contributed by atoms with E-state index in [1.807, 2.05) is 24.6 Å². The van der Waals surface area contributed by atoms with Crippen molar-refractivity contribution in [1.82, 2.24) is 24.6 Å². The molecule has 37 heavy (non-hydrogen) atoms. The van der Waals surface area contributed by atoms with Crippen LogP contribution >= 0.6 is 0 Å². The lowest BCUT2D eigenvalue weighted by Gasteiger charge is -2.19. The van der Waals surface area contributed by atoms with Crippen LogP contribution < -0.4 is 11.1 Å². The lowest BCUT2D eigenvalue weighted by atomic mass is 10.1. The van der Waals surface area contributed by atoms with E-state index in [0.717, 1.165) is 25.7 Å². The van der Waals surface area contributed by atoms with Crippen molar-refractivity contribution in [2.75, 3.05) is 24.1 Å². The van der Waals surface area contributed by atoms with Crippen LogP contribution in [-0.4, -0.2) is 48.8 Å². The zero-order valence-corrected chi connectivity index (χ0v) is 20.9. The number of nitrogens with one attached hydrogen (secondary N) is 1. The normalized spacial score (nSPS) is 13.8. The van der Waals surface area contributed by atoms with Crippen molar-refractivity contribution in [2.45, 2.75) is 45.6 Å². The highest BCUT2D eigenvalue weighted by Gasteiger charge is 2.26. The van der Waals surface area contributed by atoms with E-state index >= 15 is 4.39 Å². The van der Waals surface area contributed by atoms with Crippen molar-refractivity contribution in [3.63, 3.8) is 0 Å². The van der Waals surface area contributed by atoms with Crippen molar-refractivity contribution >= 4 is 34.4 Å². The van der Waals surface area contributed by atoms with Crippen LogP contribution in [0.4, 0.5) is 21.8 Å². The van der Waals surface area contributed by atoms with E-state index in [-0.39, 0.29) is 40.7 Å². The molecule has 0 unspecified atom stereocenters. The Kier molecular flexibility index (Phi) is 6.64. The molecule has 4 N–H and O–H groups in total. The Labute approximate surface area is 214 Å². The number of phenolic OH excluding ortho intramolecular Hbond substituents is 1. The molecule has 5 rings (SSSR count). The summed E-state index contributed by atoms with van der Waals surface area (Å²) in [4.78, 5) is 23.3. The fourth-order valence-corrected chi connectivity index (χ4v) is 4.94. The number of nitrogens with two attached hydrogens (primary N) is 1. The van der Waals surface area contributed by atoms with E-state index in [1.54, 1.807) is 29.2 Å². The molecular weight excluding hydrogens is 473 g/mol. The summed E-state index contributed by atoms with van der Waals surface area (Å²) in [6.45, 7) is 4.86. The molecule has 0 spiro atoms. The largest absolute Gasteiger partial charge is 0.508 e. The highest BCUT2D eigenvalue weighted by molar-refractivity contribution is 5.99. The number of carbonyl (C=O) groups excluding carboxylic acids is 1. The highest BCUT2D eigenvalue weighted by Crippen LogP contribution is 2.38. The first kappa shape index (κ1) is 24.5. The first-order valence-corrected chi connectivity index (χ1v) is 12.6. The minimum absolute atomic E-state index is 0.122. The maximum Gasteiger partial charge on any atom is 0.253 e. The fraction of sp³-hybridized carbons (Fsp3) is 0.333. The first-order chi connectivity index (χ1) is 17.9. The molecule has 1 aliphatic carbocycles. The van der Waals surface area contributed by atoms with Crippen LogP contribution in [0.25, 0.3) is 22.3 Å². The molecular formula is C27H30FN7O2. The standard InChI is InChI=1S/C27H30FN7O2/c1-3-34(4-2)26(37)17-12-13-21(20(28)15-17)30-27-31-24(29)22-23(16-8-7-11-19(36)14-16)33-35(25(22)32-27)18-9-5-6-10-18/h7-8,11-15,18,36H,3-6,9-10H2,1-2H3,(H3,29,30,31,32). The van der Waals surface area contributed by atoms with Gasteiger partial charge in [0.1, 0.15) is 23.1 Å². The maximum absolute atomic E-state index is 15.0. The molecule has 0 aliphatic heterocycles. The van der Waals surface area contributed by atoms with Crippen LogP contribution in [0.5, 0.6) is 5.75 Å². The molecule has 2 heterocycles. The summed E-state index contributed by atoms with van der Waals surface area (Å²) >= 11 is 0. The van der Waals surface area contributed by atoms with Gasteiger partial charge in [0.05, 0.1) is 17.1 Å². The summed E-state index contributed by atoms with van der Waals surface area (Å²) in [7, 11) is 0. The third-order valence-electron chi connectivity index (χ3n) is 6.88.